The van der Waals surface area contributed by atoms with Crippen molar-refractivity contribution in [3.8, 4) is 5.75 Å². The standard InChI is InChI=1S/C19H21NO2/c1-19(2,3)20-16-17(21)14-11-7-8-12-15(14)22-18(16)13-9-5-4-6-10-13/h4-12,16,18,20H,1-3H3/t16-,18+/m0/s1. The zero-order valence-electron chi connectivity index (χ0n) is 13.2. The zero-order chi connectivity index (χ0) is 15.7. The predicted molar refractivity (Wildman–Crippen MR) is 87.3 cm³/mol. The lowest BCUT2D eigenvalue weighted by atomic mass is 9.89. The van der Waals surface area contributed by atoms with E-state index >= 15 is 0 Å². The number of ketones is 1. The maximum absolute atomic E-state index is 12.9. The molecule has 2 aromatic carbocycles. The number of benzene rings is 2. The van der Waals surface area contributed by atoms with E-state index in [2.05, 4.69) is 26.1 Å². The molecule has 0 aliphatic carbocycles. The molecular formula is C19H21NO2. The Balaban J connectivity index is 2.04. The summed E-state index contributed by atoms with van der Waals surface area (Å²) in [6.07, 6.45) is -0.317. The van der Waals surface area contributed by atoms with Gasteiger partial charge in [-0.15, -0.1) is 0 Å². The predicted octanol–water partition coefficient (Wildman–Crippen LogP) is 3.76. The molecule has 1 aliphatic rings. The molecule has 3 nitrogen and oxygen atoms in total. The first-order valence-corrected chi connectivity index (χ1v) is 7.58. The van der Waals surface area contributed by atoms with E-state index in [-0.39, 0.29) is 17.4 Å². The van der Waals surface area contributed by atoms with Crippen molar-refractivity contribution in [2.45, 2.75) is 38.5 Å². The van der Waals surface area contributed by atoms with Crippen LogP contribution in [0, 0.1) is 0 Å². The summed E-state index contributed by atoms with van der Waals surface area (Å²) >= 11 is 0. The van der Waals surface area contributed by atoms with Crippen LogP contribution in [0.25, 0.3) is 0 Å². The minimum Gasteiger partial charge on any atom is -0.483 e. The van der Waals surface area contributed by atoms with Crippen molar-refractivity contribution >= 4 is 5.78 Å². The lowest BCUT2D eigenvalue weighted by Crippen LogP contribution is -2.53. The monoisotopic (exact) mass is 295 g/mol. The van der Waals surface area contributed by atoms with Gasteiger partial charge in [-0.3, -0.25) is 10.1 Å². The summed E-state index contributed by atoms with van der Waals surface area (Å²) in [5.41, 5.74) is 1.48. The Hall–Kier alpha value is -2.13. The minimum absolute atomic E-state index is 0.0885. The molecule has 2 aromatic rings. The Morgan fingerprint density at radius 3 is 2.27 bits per heavy atom. The zero-order valence-corrected chi connectivity index (χ0v) is 13.2. The number of carbonyl (C=O) groups is 1. The number of carbonyl (C=O) groups excluding carboxylic acids is 1. The summed E-state index contributed by atoms with van der Waals surface area (Å²) < 4.78 is 6.16. The highest BCUT2D eigenvalue weighted by Gasteiger charge is 2.39. The summed E-state index contributed by atoms with van der Waals surface area (Å²) in [6, 6.07) is 17.0. The van der Waals surface area contributed by atoms with Crippen molar-refractivity contribution in [2.75, 3.05) is 0 Å². The highest BCUT2D eigenvalue weighted by atomic mass is 16.5. The van der Waals surface area contributed by atoms with E-state index in [1.807, 2.05) is 54.6 Å². The lowest BCUT2D eigenvalue weighted by Gasteiger charge is -2.37. The number of rotatable bonds is 2. The van der Waals surface area contributed by atoms with Gasteiger partial charge >= 0.3 is 0 Å². The molecule has 1 heterocycles. The number of para-hydroxylation sites is 1. The Morgan fingerprint density at radius 1 is 0.955 bits per heavy atom. The molecule has 3 rings (SSSR count). The molecule has 0 saturated carbocycles. The van der Waals surface area contributed by atoms with Crippen molar-refractivity contribution in [1.82, 2.24) is 5.32 Å². The molecule has 3 heteroatoms. The van der Waals surface area contributed by atoms with Gasteiger partial charge in [-0.2, -0.15) is 0 Å². The van der Waals surface area contributed by atoms with Crippen LogP contribution in [-0.2, 0) is 0 Å². The normalized spacial score (nSPS) is 21.1. The van der Waals surface area contributed by atoms with Gasteiger partial charge in [0.15, 0.2) is 5.78 Å². The average Bonchev–Trinajstić information content (AvgIpc) is 2.50. The first kappa shape index (κ1) is 14.8. The van der Waals surface area contributed by atoms with Crippen LogP contribution < -0.4 is 10.1 Å². The summed E-state index contributed by atoms with van der Waals surface area (Å²) in [4.78, 5) is 12.9. The van der Waals surface area contributed by atoms with E-state index in [4.69, 9.17) is 4.74 Å². The number of hydrogen-bond donors (Lipinski definition) is 1. The number of Topliss-reactive ketones (excluding diaryl/α,β-unsaturated/α-hetero) is 1. The van der Waals surface area contributed by atoms with Gasteiger partial charge in [0, 0.05) is 5.54 Å². The Bertz CT molecular complexity index is 673. The van der Waals surface area contributed by atoms with Gasteiger partial charge in [-0.1, -0.05) is 42.5 Å². The molecule has 0 fully saturated rings. The van der Waals surface area contributed by atoms with E-state index in [1.54, 1.807) is 0 Å². The molecule has 0 unspecified atom stereocenters. The van der Waals surface area contributed by atoms with Crippen LogP contribution in [0.2, 0.25) is 0 Å². The van der Waals surface area contributed by atoms with Crippen molar-refractivity contribution in [1.29, 1.82) is 0 Å². The molecule has 0 spiro atoms. The molecule has 0 saturated heterocycles. The number of fused-ring (bicyclic) bond motifs is 1. The number of nitrogens with one attached hydrogen (secondary N) is 1. The SMILES string of the molecule is CC(C)(C)N[C@H]1C(=O)c2ccccc2O[C@@H]1c1ccccc1. The first-order chi connectivity index (χ1) is 10.5. The van der Waals surface area contributed by atoms with Crippen LogP contribution in [0.15, 0.2) is 54.6 Å². The second-order valence-corrected chi connectivity index (χ2v) is 6.68. The van der Waals surface area contributed by atoms with Crippen LogP contribution in [0.1, 0.15) is 42.8 Å². The Kier molecular flexibility index (Phi) is 3.75. The highest BCUT2D eigenvalue weighted by Crippen LogP contribution is 2.35. The molecule has 0 amide bonds. The minimum atomic E-state index is -0.391. The fraction of sp³-hybridized carbons (Fsp3) is 0.316. The number of ether oxygens (including phenoxy) is 1. The second kappa shape index (κ2) is 5.58. The molecule has 1 N–H and O–H groups in total. The maximum Gasteiger partial charge on any atom is 0.187 e. The molecule has 22 heavy (non-hydrogen) atoms. The quantitative estimate of drug-likeness (QED) is 0.916. The smallest absolute Gasteiger partial charge is 0.187 e. The molecule has 1 aliphatic heterocycles. The topological polar surface area (TPSA) is 38.3 Å². The van der Waals surface area contributed by atoms with Gasteiger partial charge in [-0.25, -0.2) is 0 Å². The van der Waals surface area contributed by atoms with E-state index < -0.39 is 6.04 Å². The largest absolute Gasteiger partial charge is 0.483 e. The van der Waals surface area contributed by atoms with E-state index in [1.165, 1.54) is 0 Å². The van der Waals surface area contributed by atoms with E-state index in [9.17, 15) is 4.79 Å². The van der Waals surface area contributed by atoms with Crippen LogP contribution >= 0.6 is 0 Å². The van der Waals surface area contributed by atoms with Crippen molar-refractivity contribution in [3.05, 3.63) is 65.7 Å². The number of hydrogen-bond acceptors (Lipinski definition) is 3. The van der Waals surface area contributed by atoms with Crippen LogP contribution in [0.3, 0.4) is 0 Å². The van der Waals surface area contributed by atoms with Crippen LogP contribution in [0.4, 0.5) is 0 Å². The van der Waals surface area contributed by atoms with Gasteiger partial charge in [0.05, 0.1) is 5.56 Å². The highest BCUT2D eigenvalue weighted by molar-refractivity contribution is 6.04. The first-order valence-electron chi connectivity index (χ1n) is 7.58. The fourth-order valence-electron chi connectivity index (χ4n) is 2.79. The molecular weight excluding hydrogens is 274 g/mol. The van der Waals surface area contributed by atoms with Gasteiger partial charge in [-0.05, 0) is 38.5 Å². The third-order valence-corrected chi connectivity index (χ3v) is 3.71. The molecule has 2 atom stereocenters. The molecule has 0 radical (unpaired) electrons. The van der Waals surface area contributed by atoms with Crippen molar-refractivity contribution < 1.29 is 9.53 Å². The maximum atomic E-state index is 12.9. The second-order valence-electron chi connectivity index (χ2n) is 6.68. The third kappa shape index (κ3) is 2.90. The summed E-state index contributed by atoms with van der Waals surface area (Å²) in [5, 5.41) is 3.42. The molecule has 114 valence electrons. The van der Waals surface area contributed by atoms with Crippen LogP contribution in [-0.4, -0.2) is 17.4 Å². The fourth-order valence-corrected chi connectivity index (χ4v) is 2.79. The lowest BCUT2D eigenvalue weighted by molar-refractivity contribution is 0.0688. The van der Waals surface area contributed by atoms with Crippen molar-refractivity contribution in [3.63, 3.8) is 0 Å². The molecule has 0 bridgehead atoms. The van der Waals surface area contributed by atoms with E-state index in [0.717, 1.165) is 5.56 Å². The van der Waals surface area contributed by atoms with Crippen molar-refractivity contribution in [2.24, 2.45) is 0 Å². The summed E-state index contributed by atoms with van der Waals surface area (Å²) in [6.45, 7) is 6.18. The van der Waals surface area contributed by atoms with Gasteiger partial charge in [0.2, 0.25) is 0 Å². The summed E-state index contributed by atoms with van der Waals surface area (Å²) in [7, 11) is 0. The average molecular weight is 295 g/mol. The van der Waals surface area contributed by atoms with Gasteiger partial charge in [0.25, 0.3) is 0 Å². The van der Waals surface area contributed by atoms with Gasteiger partial charge in [0.1, 0.15) is 17.9 Å². The van der Waals surface area contributed by atoms with Crippen LogP contribution in [0.5, 0.6) is 5.75 Å². The molecule has 0 aromatic heterocycles. The van der Waals surface area contributed by atoms with Gasteiger partial charge < -0.3 is 4.74 Å². The summed E-state index contributed by atoms with van der Waals surface area (Å²) in [5.74, 6) is 0.749. The Labute approximate surface area is 131 Å². The third-order valence-electron chi connectivity index (χ3n) is 3.71. The Morgan fingerprint density at radius 2 is 1.59 bits per heavy atom. The van der Waals surface area contributed by atoms with E-state index in [0.29, 0.717) is 11.3 Å².